The molecule has 0 fully saturated rings. The highest BCUT2D eigenvalue weighted by molar-refractivity contribution is 9.11. The minimum absolute atomic E-state index is 0.141. The van der Waals surface area contributed by atoms with Crippen molar-refractivity contribution in [2.24, 2.45) is 0 Å². The second kappa shape index (κ2) is 7.49. The molecule has 0 aliphatic rings. The molecule has 0 aliphatic heterocycles. The van der Waals surface area contributed by atoms with Gasteiger partial charge in [0.2, 0.25) is 0 Å². The van der Waals surface area contributed by atoms with Crippen molar-refractivity contribution < 1.29 is 19.4 Å². The van der Waals surface area contributed by atoms with Gasteiger partial charge in [0.05, 0.1) is 23.7 Å². The number of hydrogen-bond donors (Lipinski definition) is 3. The Bertz CT molecular complexity index is 522. The fraction of sp³-hybridized carbons (Fsp3) is 0.333. The summed E-state index contributed by atoms with van der Waals surface area (Å²) in [5, 5.41) is 13.8. The lowest BCUT2D eigenvalue weighted by Crippen LogP contribution is -2.37. The van der Waals surface area contributed by atoms with E-state index in [-0.39, 0.29) is 6.42 Å². The molecule has 0 saturated heterocycles. The van der Waals surface area contributed by atoms with Crippen molar-refractivity contribution in [2.75, 3.05) is 12.4 Å². The number of aliphatic carboxylic acids is 1. The molecule has 1 rings (SSSR count). The second-order valence-corrected chi connectivity index (χ2v) is 5.77. The zero-order chi connectivity index (χ0) is 15.3. The van der Waals surface area contributed by atoms with E-state index in [1.807, 2.05) is 0 Å². The number of anilines is 1. The minimum atomic E-state index is -0.968. The molecule has 20 heavy (non-hydrogen) atoms. The van der Waals surface area contributed by atoms with Gasteiger partial charge in [0, 0.05) is 16.6 Å². The molecule has 1 aromatic carbocycles. The number of carbonyl (C=O) groups excluding carboxylic acids is 1. The van der Waals surface area contributed by atoms with Crippen molar-refractivity contribution in [2.45, 2.75) is 19.4 Å². The molecular formula is C12H14Br2N2O4. The molecule has 110 valence electrons. The predicted molar refractivity (Wildman–Crippen MR) is 82.3 cm³/mol. The van der Waals surface area contributed by atoms with Crippen molar-refractivity contribution in [1.82, 2.24) is 5.32 Å². The average molecular weight is 410 g/mol. The zero-order valence-electron chi connectivity index (χ0n) is 10.9. The highest BCUT2D eigenvalue weighted by atomic mass is 79.9. The topological polar surface area (TPSA) is 87.7 Å². The van der Waals surface area contributed by atoms with Gasteiger partial charge >= 0.3 is 12.0 Å². The van der Waals surface area contributed by atoms with Crippen LogP contribution < -0.4 is 15.4 Å². The van der Waals surface area contributed by atoms with Crippen LogP contribution in [0.1, 0.15) is 13.3 Å². The maximum atomic E-state index is 11.8. The Morgan fingerprint density at radius 1 is 1.35 bits per heavy atom. The highest BCUT2D eigenvalue weighted by Crippen LogP contribution is 2.34. The van der Waals surface area contributed by atoms with E-state index >= 15 is 0 Å². The summed E-state index contributed by atoms with van der Waals surface area (Å²) in [4.78, 5) is 22.3. The molecule has 0 saturated carbocycles. The van der Waals surface area contributed by atoms with Gasteiger partial charge in [-0.3, -0.25) is 4.79 Å². The van der Waals surface area contributed by atoms with Crippen LogP contribution in [0.5, 0.6) is 5.75 Å². The van der Waals surface area contributed by atoms with Crippen molar-refractivity contribution in [1.29, 1.82) is 0 Å². The lowest BCUT2D eigenvalue weighted by Gasteiger charge is -2.14. The van der Waals surface area contributed by atoms with Crippen molar-refractivity contribution >= 4 is 49.5 Å². The summed E-state index contributed by atoms with van der Waals surface area (Å²) < 4.78 is 6.56. The maximum Gasteiger partial charge on any atom is 0.319 e. The highest BCUT2D eigenvalue weighted by Gasteiger charge is 2.13. The van der Waals surface area contributed by atoms with E-state index in [1.54, 1.807) is 19.1 Å². The third kappa shape index (κ3) is 5.01. The van der Waals surface area contributed by atoms with E-state index in [0.29, 0.717) is 15.9 Å². The van der Waals surface area contributed by atoms with E-state index in [2.05, 4.69) is 42.5 Å². The summed E-state index contributed by atoms with van der Waals surface area (Å²) in [6.07, 6.45) is -0.141. The molecule has 0 heterocycles. The average Bonchev–Trinajstić information content (AvgIpc) is 2.31. The fourth-order valence-electron chi connectivity index (χ4n) is 1.48. The Morgan fingerprint density at radius 3 is 2.55 bits per heavy atom. The summed E-state index contributed by atoms with van der Waals surface area (Å²) in [5.41, 5.74) is 0.519. The van der Waals surface area contributed by atoms with Gasteiger partial charge in [0.1, 0.15) is 5.75 Å². The van der Waals surface area contributed by atoms with E-state index in [1.165, 1.54) is 7.11 Å². The van der Waals surface area contributed by atoms with E-state index in [4.69, 9.17) is 9.84 Å². The van der Waals surface area contributed by atoms with Crippen LogP contribution in [0.4, 0.5) is 10.5 Å². The summed E-state index contributed by atoms with van der Waals surface area (Å²) in [7, 11) is 1.52. The number of nitrogens with one attached hydrogen (secondary N) is 2. The Balaban J connectivity index is 2.73. The summed E-state index contributed by atoms with van der Waals surface area (Å²) in [6.45, 7) is 1.62. The van der Waals surface area contributed by atoms with Gasteiger partial charge < -0.3 is 20.5 Å². The number of carboxylic acids is 1. The van der Waals surface area contributed by atoms with Gasteiger partial charge in [-0.05, 0) is 44.8 Å². The number of benzene rings is 1. The largest absolute Gasteiger partial charge is 0.495 e. The first-order chi connectivity index (χ1) is 9.33. The molecule has 2 amide bonds. The molecule has 0 aliphatic carbocycles. The van der Waals surface area contributed by atoms with Crippen LogP contribution in [-0.4, -0.2) is 30.3 Å². The number of carbonyl (C=O) groups is 2. The van der Waals surface area contributed by atoms with Crippen LogP contribution in [0.2, 0.25) is 0 Å². The maximum absolute atomic E-state index is 11.8. The molecule has 0 spiro atoms. The first kappa shape index (κ1) is 16.8. The lowest BCUT2D eigenvalue weighted by atomic mass is 10.2. The normalized spacial score (nSPS) is 11.6. The van der Waals surface area contributed by atoms with Crippen LogP contribution in [0.3, 0.4) is 0 Å². The number of amides is 2. The summed E-state index contributed by atoms with van der Waals surface area (Å²) in [6, 6.07) is 2.44. The van der Waals surface area contributed by atoms with Crippen molar-refractivity contribution in [3.63, 3.8) is 0 Å². The Hall–Kier alpha value is -1.28. The lowest BCUT2D eigenvalue weighted by molar-refractivity contribution is -0.137. The SMILES string of the molecule is COc1cc(NC(=O)NC(C)CC(=O)O)c(Br)cc1Br. The summed E-state index contributed by atoms with van der Waals surface area (Å²) >= 11 is 6.65. The van der Waals surface area contributed by atoms with E-state index < -0.39 is 18.0 Å². The third-order valence-electron chi connectivity index (χ3n) is 2.35. The molecule has 3 N–H and O–H groups in total. The number of ether oxygens (including phenoxy) is 1. The molecule has 1 atom stereocenters. The third-order valence-corrected chi connectivity index (χ3v) is 3.62. The quantitative estimate of drug-likeness (QED) is 0.696. The van der Waals surface area contributed by atoms with Gasteiger partial charge in [-0.15, -0.1) is 0 Å². The molecule has 1 aromatic rings. The Morgan fingerprint density at radius 2 is 2.00 bits per heavy atom. The number of rotatable bonds is 5. The molecule has 0 radical (unpaired) electrons. The first-order valence-corrected chi connectivity index (χ1v) is 7.24. The van der Waals surface area contributed by atoms with Crippen LogP contribution in [0.15, 0.2) is 21.1 Å². The number of urea groups is 1. The van der Waals surface area contributed by atoms with E-state index in [0.717, 1.165) is 4.47 Å². The van der Waals surface area contributed by atoms with Gasteiger partial charge in [-0.1, -0.05) is 0 Å². The number of halogens is 2. The molecule has 0 aromatic heterocycles. The monoisotopic (exact) mass is 408 g/mol. The number of carboxylic acid groups (broad SMARTS) is 1. The number of methoxy groups -OCH3 is 1. The molecule has 1 unspecified atom stereocenters. The van der Waals surface area contributed by atoms with Crippen molar-refractivity contribution in [3.8, 4) is 5.75 Å². The predicted octanol–water partition coefficient (Wildman–Crippen LogP) is 3.20. The molecule has 6 nitrogen and oxygen atoms in total. The fourth-order valence-corrected chi connectivity index (χ4v) is 2.73. The molecule has 8 heteroatoms. The first-order valence-electron chi connectivity index (χ1n) is 5.65. The Labute approximate surface area is 133 Å². The minimum Gasteiger partial charge on any atom is -0.495 e. The van der Waals surface area contributed by atoms with Crippen LogP contribution in [0.25, 0.3) is 0 Å². The van der Waals surface area contributed by atoms with E-state index in [9.17, 15) is 9.59 Å². The van der Waals surface area contributed by atoms with Crippen LogP contribution >= 0.6 is 31.9 Å². The molecule has 0 bridgehead atoms. The zero-order valence-corrected chi connectivity index (χ0v) is 14.0. The standard InChI is InChI=1S/C12H14Br2N2O4/c1-6(3-11(17)18)15-12(19)16-9-5-10(20-2)8(14)4-7(9)13/h4-6H,3H2,1-2H3,(H,17,18)(H2,15,16,19). The molecular weight excluding hydrogens is 396 g/mol. The smallest absolute Gasteiger partial charge is 0.319 e. The van der Waals surface area contributed by atoms with Crippen molar-refractivity contribution in [3.05, 3.63) is 21.1 Å². The van der Waals surface area contributed by atoms with Crippen LogP contribution in [0, 0.1) is 0 Å². The number of hydrogen-bond acceptors (Lipinski definition) is 3. The summed E-state index contributed by atoms with van der Waals surface area (Å²) in [5.74, 6) is -0.397. The van der Waals surface area contributed by atoms with Crippen LogP contribution in [-0.2, 0) is 4.79 Å². The van der Waals surface area contributed by atoms with Gasteiger partial charge in [0.25, 0.3) is 0 Å². The van der Waals surface area contributed by atoms with Gasteiger partial charge in [-0.2, -0.15) is 0 Å². The van der Waals surface area contributed by atoms with Gasteiger partial charge in [0.15, 0.2) is 0 Å². The Kier molecular flexibility index (Phi) is 6.28. The van der Waals surface area contributed by atoms with Gasteiger partial charge in [-0.25, -0.2) is 4.79 Å². The second-order valence-electron chi connectivity index (χ2n) is 4.06.